The maximum Gasteiger partial charge on any atom is 0.355 e. The number of aromatic carboxylic acids is 1. The van der Waals surface area contributed by atoms with Gasteiger partial charge in [0.2, 0.25) is 0 Å². The van der Waals surface area contributed by atoms with Crippen LogP contribution in [0.2, 0.25) is 0 Å². The van der Waals surface area contributed by atoms with Crippen LogP contribution < -0.4 is 0 Å². The van der Waals surface area contributed by atoms with Crippen LogP contribution in [0.3, 0.4) is 0 Å². The molecule has 1 aliphatic rings. The van der Waals surface area contributed by atoms with Crippen LogP contribution in [0.15, 0.2) is 5.38 Å². The highest BCUT2D eigenvalue weighted by molar-refractivity contribution is 7.09. The number of hydrogen-bond donors (Lipinski definition) is 1. The summed E-state index contributed by atoms with van der Waals surface area (Å²) in [6, 6.07) is 0. The number of carboxylic acid groups (broad SMARTS) is 1. The predicted octanol–water partition coefficient (Wildman–Crippen LogP) is 2.82. The summed E-state index contributed by atoms with van der Waals surface area (Å²) >= 11 is 1.46. The molecule has 1 saturated heterocycles. The number of likely N-dealkylation sites (tertiary alicyclic amines) is 1. The van der Waals surface area contributed by atoms with Gasteiger partial charge >= 0.3 is 5.97 Å². The number of carboxylic acids is 1. The van der Waals surface area contributed by atoms with E-state index < -0.39 is 5.97 Å². The lowest BCUT2D eigenvalue weighted by atomic mass is 10.1. The molecule has 1 aromatic rings. The molecular formula is C13H20N2O2S. The van der Waals surface area contributed by atoms with Crippen molar-refractivity contribution < 1.29 is 9.90 Å². The summed E-state index contributed by atoms with van der Waals surface area (Å²) in [5.41, 5.74) is 0.178. The SMILES string of the molecule is CC(CN1CCCCCC1)c1nc(C(=O)O)cs1. The van der Waals surface area contributed by atoms with Crippen molar-refractivity contribution in [3.8, 4) is 0 Å². The highest BCUT2D eigenvalue weighted by Crippen LogP contribution is 2.22. The van der Waals surface area contributed by atoms with Gasteiger partial charge in [-0.05, 0) is 25.9 Å². The van der Waals surface area contributed by atoms with Gasteiger partial charge < -0.3 is 10.0 Å². The second-order valence-corrected chi connectivity index (χ2v) is 5.88. The fraction of sp³-hybridized carbons (Fsp3) is 0.692. The lowest BCUT2D eigenvalue weighted by Crippen LogP contribution is -2.28. The number of hydrogen-bond acceptors (Lipinski definition) is 4. The van der Waals surface area contributed by atoms with Crippen molar-refractivity contribution in [2.45, 2.75) is 38.5 Å². The summed E-state index contributed by atoms with van der Waals surface area (Å²) in [5, 5.41) is 11.4. The first-order valence-electron chi connectivity index (χ1n) is 6.58. The molecule has 0 radical (unpaired) electrons. The quantitative estimate of drug-likeness (QED) is 0.912. The molecule has 1 unspecified atom stereocenters. The van der Waals surface area contributed by atoms with Gasteiger partial charge in [0.05, 0.1) is 5.01 Å². The average Bonchev–Trinajstić information content (AvgIpc) is 2.70. The summed E-state index contributed by atoms with van der Waals surface area (Å²) in [6.07, 6.45) is 5.24. The van der Waals surface area contributed by atoms with Crippen molar-refractivity contribution in [2.75, 3.05) is 19.6 Å². The van der Waals surface area contributed by atoms with Crippen molar-refractivity contribution in [2.24, 2.45) is 0 Å². The topological polar surface area (TPSA) is 53.4 Å². The third-order valence-electron chi connectivity index (χ3n) is 3.39. The van der Waals surface area contributed by atoms with E-state index in [1.165, 1.54) is 50.1 Å². The first-order valence-corrected chi connectivity index (χ1v) is 7.46. The lowest BCUT2D eigenvalue weighted by Gasteiger charge is -2.22. The Morgan fingerprint density at radius 2 is 2.11 bits per heavy atom. The Labute approximate surface area is 112 Å². The lowest BCUT2D eigenvalue weighted by molar-refractivity contribution is 0.0691. The zero-order chi connectivity index (χ0) is 13.0. The van der Waals surface area contributed by atoms with Crippen molar-refractivity contribution in [1.82, 2.24) is 9.88 Å². The second-order valence-electron chi connectivity index (χ2n) is 4.99. The molecule has 18 heavy (non-hydrogen) atoms. The van der Waals surface area contributed by atoms with Crippen LogP contribution in [0, 0.1) is 0 Å². The van der Waals surface area contributed by atoms with Gasteiger partial charge in [0.15, 0.2) is 5.69 Å². The first kappa shape index (κ1) is 13.5. The van der Waals surface area contributed by atoms with Crippen LogP contribution in [0.5, 0.6) is 0 Å². The second kappa shape index (κ2) is 6.29. The van der Waals surface area contributed by atoms with Crippen LogP contribution in [0.4, 0.5) is 0 Å². The van der Waals surface area contributed by atoms with Crippen LogP contribution in [0.1, 0.15) is 54.0 Å². The van der Waals surface area contributed by atoms with E-state index in [2.05, 4.69) is 16.8 Å². The highest BCUT2D eigenvalue weighted by Gasteiger charge is 2.17. The maximum atomic E-state index is 10.8. The minimum atomic E-state index is -0.931. The molecule has 0 amide bonds. The monoisotopic (exact) mass is 268 g/mol. The van der Waals surface area contributed by atoms with E-state index in [4.69, 9.17) is 5.11 Å². The van der Waals surface area contributed by atoms with Crippen LogP contribution >= 0.6 is 11.3 Å². The number of nitrogens with zero attached hydrogens (tertiary/aromatic N) is 2. The number of thiazole rings is 1. The molecule has 0 aliphatic carbocycles. The molecule has 1 fully saturated rings. The molecule has 0 bridgehead atoms. The molecule has 0 spiro atoms. The van der Waals surface area contributed by atoms with Crippen molar-refractivity contribution in [3.05, 3.63) is 16.1 Å². The third kappa shape index (κ3) is 3.53. The largest absolute Gasteiger partial charge is 0.476 e. The number of aromatic nitrogens is 1. The fourth-order valence-corrected chi connectivity index (χ4v) is 3.24. The third-order valence-corrected chi connectivity index (χ3v) is 4.47. The van der Waals surface area contributed by atoms with Gasteiger partial charge in [0, 0.05) is 17.8 Å². The minimum absolute atomic E-state index is 0.178. The van der Waals surface area contributed by atoms with E-state index in [0.29, 0.717) is 5.92 Å². The molecule has 4 nitrogen and oxygen atoms in total. The summed E-state index contributed by atoms with van der Waals surface area (Å²) in [5.74, 6) is -0.610. The number of rotatable bonds is 4. The van der Waals surface area contributed by atoms with Crippen molar-refractivity contribution >= 4 is 17.3 Å². The standard InChI is InChI=1S/C13H20N2O2S/c1-10(8-15-6-4-2-3-5-7-15)12-14-11(9-18-12)13(16)17/h9-10H,2-8H2,1H3,(H,16,17). The zero-order valence-corrected chi connectivity index (χ0v) is 11.6. The normalized spacial score (nSPS) is 19.4. The molecule has 1 N–H and O–H groups in total. The van der Waals surface area contributed by atoms with Crippen LogP contribution in [0.25, 0.3) is 0 Å². The van der Waals surface area contributed by atoms with Gasteiger partial charge in [-0.15, -0.1) is 11.3 Å². The highest BCUT2D eigenvalue weighted by atomic mass is 32.1. The zero-order valence-electron chi connectivity index (χ0n) is 10.8. The van der Waals surface area contributed by atoms with E-state index in [1.54, 1.807) is 5.38 Å². The van der Waals surface area contributed by atoms with Gasteiger partial charge in [0.25, 0.3) is 0 Å². The van der Waals surface area contributed by atoms with E-state index in [9.17, 15) is 4.79 Å². The van der Waals surface area contributed by atoms with Crippen molar-refractivity contribution in [3.63, 3.8) is 0 Å². The molecule has 1 aliphatic heterocycles. The Hall–Kier alpha value is -0.940. The van der Waals surface area contributed by atoms with Crippen LogP contribution in [-0.2, 0) is 0 Å². The Morgan fingerprint density at radius 3 is 2.67 bits per heavy atom. The van der Waals surface area contributed by atoms with Gasteiger partial charge in [0.1, 0.15) is 0 Å². The van der Waals surface area contributed by atoms with E-state index in [1.807, 2.05) is 0 Å². The van der Waals surface area contributed by atoms with Gasteiger partial charge in [-0.25, -0.2) is 9.78 Å². The molecule has 2 heterocycles. The fourth-order valence-electron chi connectivity index (χ4n) is 2.40. The Kier molecular flexibility index (Phi) is 4.72. The van der Waals surface area contributed by atoms with Crippen molar-refractivity contribution in [1.29, 1.82) is 0 Å². The molecule has 1 atom stereocenters. The molecule has 100 valence electrons. The Balaban J connectivity index is 1.93. The average molecular weight is 268 g/mol. The van der Waals surface area contributed by atoms with Gasteiger partial charge in [-0.2, -0.15) is 0 Å². The Bertz CT molecular complexity index is 397. The van der Waals surface area contributed by atoms with E-state index in [0.717, 1.165) is 11.6 Å². The van der Waals surface area contributed by atoms with E-state index >= 15 is 0 Å². The first-order chi connectivity index (χ1) is 8.66. The summed E-state index contributed by atoms with van der Waals surface area (Å²) < 4.78 is 0. The molecule has 0 aromatic carbocycles. The smallest absolute Gasteiger partial charge is 0.355 e. The number of carbonyl (C=O) groups is 1. The minimum Gasteiger partial charge on any atom is -0.476 e. The molecular weight excluding hydrogens is 248 g/mol. The van der Waals surface area contributed by atoms with E-state index in [-0.39, 0.29) is 5.69 Å². The molecule has 5 heteroatoms. The summed E-state index contributed by atoms with van der Waals surface area (Å²) in [7, 11) is 0. The molecule has 1 aromatic heterocycles. The predicted molar refractivity (Wildman–Crippen MR) is 72.4 cm³/mol. The van der Waals surface area contributed by atoms with Crippen LogP contribution in [-0.4, -0.2) is 40.6 Å². The maximum absolute atomic E-state index is 10.8. The molecule has 0 saturated carbocycles. The van der Waals surface area contributed by atoms with Gasteiger partial charge in [-0.3, -0.25) is 0 Å². The summed E-state index contributed by atoms with van der Waals surface area (Å²) in [6.45, 7) is 5.46. The summed E-state index contributed by atoms with van der Waals surface area (Å²) in [4.78, 5) is 17.5. The Morgan fingerprint density at radius 1 is 1.44 bits per heavy atom. The molecule has 2 rings (SSSR count). The van der Waals surface area contributed by atoms with Gasteiger partial charge in [-0.1, -0.05) is 19.8 Å².